The van der Waals surface area contributed by atoms with E-state index in [4.69, 9.17) is 9.47 Å². The first-order valence-electron chi connectivity index (χ1n) is 28.6. The predicted molar refractivity (Wildman–Crippen MR) is 338 cm³/mol. The highest BCUT2D eigenvalue weighted by Gasteiger charge is 2.53. The Kier molecular flexibility index (Phi) is 10.4. The van der Waals surface area contributed by atoms with Gasteiger partial charge in [0.2, 0.25) is 0 Å². The number of benzene rings is 13. The molecule has 2 aliphatic carbocycles. The highest BCUT2D eigenvalue weighted by molar-refractivity contribution is 6.02. The fourth-order valence-electron chi connectivity index (χ4n) is 14.7. The Morgan fingerprint density at radius 2 is 0.590 bits per heavy atom. The van der Waals surface area contributed by atoms with Crippen molar-refractivity contribution in [1.29, 1.82) is 0 Å². The lowest BCUT2D eigenvalue weighted by Gasteiger charge is -2.39. The van der Waals surface area contributed by atoms with Gasteiger partial charge < -0.3 is 14.4 Å². The third kappa shape index (κ3) is 6.80. The molecule has 17 rings (SSSR count). The van der Waals surface area contributed by atoms with Crippen molar-refractivity contribution in [1.82, 2.24) is 0 Å². The number of nitrogens with zero attached hydrogens (tertiary/aromatic N) is 1. The van der Waals surface area contributed by atoms with Crippen molar-refractivity contribution in [3.63, 3.8) is 0 Å². The van der Waals surface area contributed by atoms with E-state index < -0.39 is 10.8 Å². The Labute approximate surface area is 483 Å². The lowest BCUT2D eigenvalue weighted by atomic mass is 9.66. The smallest absolute Gasteiger partial charge is 0.132 e. The highest BCUT2D eigenvalue weighted by Crippen LogP contribution is 2.65. The summed E-state index contributed by atoms with van der Waals surface area (Å²) in [4.78, 5) is 2.48. The number of hydrogen-bond acceptors (Lipinski definition) is 3. The second-order valence-electron chi connectivity index (χ2n) is 22.1. The average molecular weight is 1060 g/mol. The van der Waals surface area contributed by atoms with Crippen LogP contribution in [0.25, 0.3) is 66.8 Å². The van der Waals surface area contributed by atoms with E-state index in [0.29, 0.717) is 0 Å². The molecule has 13 aromatic carbocycles. The molecule has 2 aliphatic heterocycles. The Balaban J connectivity index is 0.855. The first-order chi connectivity index (χ1) is 41.2. The molecule has 0 N–H and O–H groups in total. The Morgan fingerprint density at radius 1 is 0.217 bits per heavy atom. The van der Waals surface area contributed by atoms with E-state index in [1.165, 1.54) is 61.2 Å². The van der Waals surface area contributed by atoms with Gasteiger partial charge in [0.25, 0.3) is 0 Å². The zero-order valence-corrected chi connectivity index (χ0v) is 45.2. The molecule has 0 atom stereocenters. The van der Waals surface area contributed by atoms with Crippen LogP contribution >= 0.6 is 0 Å². The molecule has 13 aromatic rings. The minimum absolute atomic E-state index is 0.563. The normalized spacial score (nSPS) is 13.7. The van der Waals surface area contributed by atoms with Crippen LogP contribution in [0.15, 0.2) is 309 Å². The molecule has 0 fully saturated rings. The molecule has 3 heteroatoms. The lowest BCUT2D eigenvalue weighted by Crippen LogP contribution is -2.32. The van der Waals surface area contributed by atoms with E-state index in [1.807, 2.05) is 0 Å². The summed E-state index contributed by atoms with van der Waals surface area (Å²) in [5.41, 5.74) is 25.8. The first kappa shape index (κ1) is 47.1. The number of para-hydroxylation sites is 6. The van der Waals surface area contributed by atoms with E-state index in [-0.39, 0.29) is 0 Å². The molecule has 0 amide bonds. The molecule has 2 heterocycles. The van der Waals surface area contributed by atoms with Gasteiger partial charge in [-0.05, 0) is 132 Å². The molecular weight excluding hydrogens is 1010 g/mol. The average Bonchev–Trinajstić information content (AvgIpc) is 2.79. The fourth-order valence-corrected chi connectivity index (χ4v) is 14.7. The standard InChI is InChI=1S/C80H51NO2/c1-2-21-52(22-3-1)53-41-43-55(44-42-53)58-23-6-14-35-72(58)81(57-48-45-54(46-49-57)56-47-50-60-59-24-4-8-28-64(59)80(71(60)51-56)68-32-12-18-39-76(68)83-77-40-19-13-33-69(77)80)73-36-15-7-25-61(73)62-27-20-34-70-78(62)63-26-5-9-29-65(63)79(70)66-30-10-16-37-74(66)82-75-38-17-11-31-67(75)79/h1-51H. The number of ether oxygens (including phenoxy) is 2. The summed E-state index contributed by atoms with van der Waals surface area (Å²) in [6.07, 6.45) is 0. The number of anilines is 3. The second-order valence-corrected chi connectivity index (χ2v) is 22.1. The van der Waals surface area contributed by atoms with Crippen LogP contribution in [0.3, 0.4) is 0 Å². The van der Waals surface area contributed by atoms with Crippen LogP contribution in [0.4, 0.5) is 17.1 Å². The molecule has 0 saturated heterocycles. The van der Waals surface area contributed by atoms with Crippen molar-refractivity contribution in [2.24, 2.45) is 0 Å². The summed E-state index contributed by atoms with van der Waals surface area (Å²) in [6.45, 7) is 0. The van der Waals surface area contributed by atoms with Gasteiger partial charge in [0.1, 0.15) is 23.0 Å². The molecule has 0 bridgehead atoms. The van der Waals surface area contributed by atoms with E-state index in [9.17, 15) is 0 Å². The van der Waals surface area contributed by atoms with E-state index >= 15 is 0 Å². The summed E-state index contributed by atoms with van der Waals surface area (Å²) in [5.74, 6) is 3.54. The molecule has 83 heavy (non-hydrogen) atoms. The van der Waals surface area contributed by atoms with E-state index in [2.05, 4.69) is 314 Å². The molecule has 0 aromatic heterocycles. The van der Waals surface area contributed by atoms with Crippen LogP contribution in [0.1, 0.15) is 44.5 Å². The first-order valence-corrected chi connectivity index (χ1v) is 28.6. The quantitative estimate of drug-likeness (QED) is 0.159. The van der Waals surface area contributed by atoms with Gasteiger partial charge in [-0.25, -0.2) is 0 Å². The van der Waals surface area contributed by atoms with Crippen molar-refractivity contribution in [3.05, 3.63) is 354 Å². The van der Waals surface area contributed by atoms with E-state index in [0.717, 1.165) is 90.1 Å². The highest BCUT2D eigenvalue weighted by atomic mass is 16.5. The molecule has 0 saturated carbocycles. The van der Waals surface area contributed by atoms with Crippen molar-refractivity contribution in [3.8, 4) is 89.8 Å². The van der Waals surface area contributed by atoms with Crippen LogP contribution in [-0.4, -0.2) is 0 Å². The van der Waals surface area contributed by atoms with Gasteiger partial charge in [-0.3, -0.25) is 0 Å². The number of rotatable bonds is 7. The van der Waals surface area contributed by atoms with Crippen molar-refractivity contribution >= 4 is 17.1 Å². The topological polar surface area (TPSA) is 21.7 Å². The van der Waals surface area contributed by atoms with Gasteiger partial charge in [-0.15, -0.1) is 0 Å². The fraction of sp³-hybridized carbons (Fsp3) is 0.0250. The minimum atomic E-state index is -0.603. The van der Waals surface area contributed by atoms with Gasteiger partial charge in [-0.1, -0.05) is 255 Å². The van der Waals surface area contributed by atoms with Gasteiger partial charge in [-0.2, -0.15) is 0 Å². The number of fused-ring (bicyclic) bond motifs is 18. The van der Waals surface area contributed by atoms with Crippen molar-refractivity contribution in [2.45, 2.75) is 10.8 Å². The van der Waals surface area contributed by atoms with Crippen molar-refractivity contribution in [2.75, 3.05) is 4.90 Å². The molecule has 2 spiro atoms. The maximum absolute atomic E-state index is 6.74. The maximum atomic E-state index is 6.74. The van der Waals surface area contributed by atoms with Crippen LogP contribution in [0.5, 0.6) is 23.0 Å². The SMILES string of the molecule is c1ccc(-c2ccc(-c3ccccc3N(c3ccc(-c4ccc5c(c4)C4(c6ccccc6Oc6ccccc64)c4ccccc4-5)cc3)c3ccccc3-c3cccc4c3-c3ccccc3C43c4ccccc4Oc4ccccc43)cc2)cc1. The van der Waals surface area contributed by atoms with Gasteiger partial charge >= 0.3 is 0 Å². The molecule has 0 unspecified atom stereocenters. The van der Waals surface area contributed by atoms with Crippen LogP contribution in [0.2, 0.25) is 0 Å². The zero-order valence-electron chi connectivity index (χ0n) is 45.2. The zero-order chi connectivity index (χ0) is 54.6. The third-order valence-corrected chi connectivity index (χ3v) is 18.1. The summed E-state index contributed by atoms with van der Waals surface area (Å²) < 4.78 is 13.4. The Bertz CT molecular complexity index is 4660. The van der Waals surface area contributed by atoms with E-state index in [1.54, 1.807) is 0 Å². The maximum Gasteiger partial charge on any atom is 0.132 e. The van der Waals surface area contributed by atoms with Crippen LogP contribution in [0, 0.1) is 0 Å². The molecular formula is C80H51NO2. The second kappa shape index (κ2) is 18.4. The largest absolute Gasteiger partial charge is 0.457 e. The predicted octanol–water partition coefficient (Wildman–Crippen LogP) is 20.8. The summed E-state index contributed by atoms with van der Waals surface area (Å²) in [5, 5.41) is 0. The lowest BCUT2D eigenvalue weighted by molar-refractivity contribution is 0.436. The molecule has 3 nitrogen and oxygen atoms in total. The van der Waals surface area contributed by atoms with Gasteiger partial charge in [0, 0.05) is 39.1 Å². The van der Waals surface area contributed by atoms with Gasteiger partial charge in [0.15, 0.2) is 0 Å². The summed E-state index contributed by atoms with van der Waals surface area (Å²) >= 11 is 0. The van der Waals surface area contributed by atoms with Crippen LogP contribution in [-0.2, 0) is 10.8 Å². The Morgan fingerprint density at radius 3 is 1.19 bits per heavy atom. The molecule has 4 aliphatic rings. The third-order valence-electron chi connectivity index (χ3n) is 18.1. The molecule has 388 valence electrons. The van der Waals surface area contributed by atoms with Crippen molar-refractivity contribution < 1.29 is 9.47 Å². The Hall–Kier alpha value is -10.7. The summed E-state index contributed by atoms with van der Waals surface area (Å²) in [7, 11) is 0. The monoisotopic (exact) mass is 1060 g/mol. The van der Waals surface area contributed by atoms with Gasteiger partial charge in [0.05, 0.1) is 22.2 Å². The summed E-state index contributed by atoms with van der Waals surface area (Å²) in [6, 6.07) is 113. The minimum Gasteiger partial charge on any atom is -0.457 e. The number of hydrogen-bond donors (Lipinski definition) is 0. The molecule has 0 radical (unpaired) electrons. The van der Waals surface area contributed by atoms with Crippen LogP contribution < -0.4 is 14.4 Å².